The summed E-state index contributed by atoms with van der Waals surface area (Å²) in [5.41, 5.74) is 5.08. The molecule has 2 aromatic carbocycles. The molecule has 0 atom stereocenters. The highest BCUT2D eigenvalue weighted by atomic mass is 35.5. The van der Waals surface area contributed by atoms with Gasteiger partial charge in [-0.2, -0.15) is 4.98 Å². The molecule has 0 aliphatic heterocycles. The van der Waals surface area contributed by atoms with Crippen LogP contribution in [0.2, 0.25) is 0 Å². The van der Waals surface area contributed by atoms with Gasteiger partial charge in [-0.1, -0.05) is 36.4 Å². The normalized spacial score (nSPS) is 10.2. The molecule has 0 saturated heterocycles. The second kappa shape index (κ2) is 9.35. The van der Waals surface area contributed by atoms with Crippen LogP contribution in [0.4, 0.5) is 23.1 Å². The number of ether oxygens (including phenoxy) is 1. The molecule has 3 rings (SSSR count). The van der Waals surface area contributed by atoms with E-state index in [9.17, 15) is 0 Å². The van der Waals surface area contributed by atoms with Gasteiger partial charge in [0.2, 0.25) is 5.95 Å². The summed E-state index contributed by atoms with van der Waals surface area (Å²) < 4.78 is 5.34. The molecule has 0 bridgehead atoms. The monoisotopic (exact) mass is 384 g/mol. The first-order chi connectivity index (χ1) is 12.6. The summed E-state index contributed by atoms with van der Waals surface area (Å²) in [6, 6.07) is 18.3. The van der Waals surface area contributed by atoms with Crippen molar-refractivity contribution in [2.75, 3.05) is 24.4 Å². The fourth-order valence-electron chi connectivity index (χ4n) is 2.82. The quantitative estimate of drug-likeness (QED) is 0.635. The Balaban J connectivity index is 0.00000261. The van der Waals surface area contributed by atoms with Gasteiger partial charge in [0.25, 0.3) is 0 Å². The van der Waals surface area contributed by atoms with Crippen molar-refractivity contribution in [2.24, 2.45) is 0 Å². The fourth-order valence-corrected chi connectivity index (χ4v) is 2.82. The molecule has 1 N–H and O–H groups in total. The van der Waals surface area contributed by atoms with Crippen LogP contribution in [0.5, 0.6) is 0 Å². The number of hydrogen-bond donors (Lipinski definition) is 1. The Kier molecular flexibility index (Phi) is 7.16. The van der Waals surface area contributed by atoms with Crippen molar-refractivity contribution in [1.29, 1.82) is 0 Å². The Bertz CT molecular complexity index is 887. The topological polar surface area (TPSA) is 50.3 Å². The third-order valence-corrected chi connectivity index (χ3v) is 4.35. The summed E-state index contributed by atoms with van der Waals surface area (Å²) >= 11 is 0. The van der Waals surface area contributed by atoms with Gasteiger partial charge in [0.15, 0.2) is 0 Å². The number of methoxy groups -OCH3 is 1. The van der Waals surface area contributed by atoms with E-state index in [1.165, 1.54) is 0 Å². The van der Waals surface area contributed by atoms with Crippen LogP contribution in [-0.4, -0.2) is 24.1 Å². The maximum absolute atomic E-state index is 5.34. The number of nitrogens with zero attached hydrogens (tertiary/aromatic N) is 3. The Hall–Kier alpha value is -2.63. The van der Waals surface area contributed by atoms with Crippen molar-refractivity contribution in [3.8, 4) is 0 Å². The third-order valence-electron chi connectivity index (χ3n) is 4.35. The zero-order chi connectivity index (χ0) is 18.5. The lowest BCUT2D eigenvalue weighted by Crippen LogP contribution is -2.16. The van der Waals surface area contributed by atoms with E-state index in [4.69, 9.17) is 9.72 Å². The van der Waals surface area contributed by atoms with Gasteiger partial charge in [-0.05, 0) is 37.6 Å². The van der Waals surface area contributed by atoms with Crippen LogP contribution in [0.15, 0.2) is 54.6 Å². The minimum Gasteiger partial charge on any atom is -0.378 e. The van der Waals surface area contributed by atoms with Crippen molar-refractivity contribution >= 4 is 35.5 Å². The van der Waals surface area contributed by atoms with Crippen LogP contribution in [0.1, 0.15) is 16.8 Å². The second-order valence-corrected chi connectivity index (χ2v) is 6.21. The van der Waals surface area contributed by atoms with Gasteiger partial charge in [-0.3, -0.25) is 0 Å². The SMILES string of the molecule is COCc1nc(Nc2ccccc2C)nc(N(C)c2ccccc2)c1C.Cl. The predicted octanol–water partition coefficient (Wildman–Crippen LogP) is 5.17. The maximum atomic E-state index is 5.34. The Morgan fingerprint density at radius 1 is 0.963 bits per heavy atom. The summed E-state index contributed by atoms with van der Waals surface area (Å²) in [7, 11) is 3.69. The molecule has 0 radical (unpaired) electrons. The van der Waals surface area contributed by atoms with Gasteiger partial charge in [0.1, 0.15) is 5.82 Å². The molecule has 142 valence electrons. The van der Waals surface area contributed by atoms with Gasteiger partial charge < -0.3 is 15.0 Å². The lowest BCUT2D eigenvalue weighted by atomic mass is 10.2. The van der Waals surface area contributed by atoms with E-state index in [0.29, 0.717) is 12.6 Å². The lowest BCUT2D eigenvalue weighted by molar-refractivity contribution is 0.181. The van der Waals surface area contributed by atoms with E-state index in [2.05, 4.69) is 40.3 Å². The molecule has 0 unspecified atom stereocenters. The summed E-state index contributed by atoms with van der Waals surface area (Å²) in [5, 5.41) is 3.34. The highest BCUT2D eigenvalue weighted by Crippen LogP contribution is 2.28. The van der Waals surface area contributed by atoms with E-state index >= 15 is 0 Å². The Morgan fingerprint density at radius 3 is 2.30 bits per heavy atom. The zero-order valence-corrected chi connectivity index (χ0v) is 16.9. The van der Waals surface area contributed by atoms with Gasteiger partial charge in [0.05, 0.1) is 12.3 Å². The minimum absolute atomic E-state index is 0. The molecular formula is C21H25ClN4O. The number of anilines is 4. The summed E-state index contributed by atoms with van der Waals surface area (Å²) in [5.74, 6) is 1.42. The maximum Gasteiger partial charge on any atom is 0.229 e. The highest BCUT2D eigenvalue weighted by molar-refractivity contribution is 5.85. The predicted molar refractivity (Wildman–Crippen MR) is 114 cm³/mol. The molecule has 5 nitrogen and oxygen atoms in total. The van der Waals surface area contributed by atoms with E-state index in [-0.39, 0.29) is 12.4 Å². The van der Waals surface area contributed by atoms with E-state index < -0.39 is 0 Å². The number of para-hydroxylation sites is 2. The molecule has 0 aliphatic carbocycles. The first-order valence-corrected chi connectivity index (χ1v) is 8.58. The Morgan fingerprint density at radius 2 is 1.63 bits per heavy atom. The lowest BCUT2D eigenvalue weighted by Gasteiger charge is -2.22. The standard InChI is InChI=1S/C21H24N4O.ClH/c1-15-10-8-9-13-18(15)22-21-23-19(14-26-4)16(2)20(24-21)25(3)17-11-6-5-7-12-17;/h5-13H,14H2,1-4H3,(H,22,23,24);1H. The molecule has 0 spiro atoms. The molecule has 0 amide bonds. The van der Waals surface area contributed by atoms with Crippen LogP contribution in [0.25, 0.3) is 0 Å². The van der Waals surface area contributed by atoms with Gasteiger partial charge in [-0.15, -0.1) is 12.4 Å². The summed E-state index contributed by atoms with van der Waals surface area (Å²) in [6.45, 7) is 4.52. The number of benzene rings is 2. The molecule has 6 heteroatoms. The number of hydrogen-bond acceptors (Lipinski definition) is 5. The summed E-state index contributed by atoms with van der Waals surface area (Å²) in [6.07, 6.45) is 0. The largest absolute Gasteiger partial charge is 0.378 e. The first kappa shape index (κ1) is 20.7. The molecule has 1 heterocycles. The average molecular weight is 385 g/mol. The van der Waals surface area contributed by atoms with Crippen LogP contribution < -0.4 is 10.2 Å². The van der Waals surface area contributed by atoms with Crippen molar-refractivity contribution in [3.05, 3.63) is 71.4 Å². The number of aromatic nitrogens is 2. The molecule has 1 aromatic heterocycles. The molecular weight excluding hydrogens is 360 g/mol. The number of halogens is 1. The molecule has 27 heavy (non-hydrogen) atoms. The number of rotatable bonds is 6. The van der Waals surface area contributed by atoms with Gasteiger partial charge in [0, 0.05) is 31.1 Å². The van der Waals surface area contributed by atoms with E-state index in [0.717, 1.165) is 34.0 Å². The zero-order valence-electron chi connectivity index (χ0n) is 16.1. The molecule has 0 fully saturated rings. The molecule has 3 aromatic rings. The van der Waals surface area contributed by atoms with E-state index in [1.54, 1.807) is 7.11 Å². The number of aryl methyl sites for hydroxylation is 1. The van der Waals surface area contributed by atoms with Crippen molar-refractivity contribution in [3.63, 3.8) is 0 Å². The average Bonchev–Trinajstić information content (AvgIpc) is 2.66. The first-order valence-electron chi connectivity index (χ1n) is 8.58. The minimum atomic E-state index is 0. The fraction of sp³-hybridized carbons (Fsp3) is 0.238. The van der Waals surface area contributed by atoms with Crippen LogP contribution in [0.3, 0.4) is 0 Å². The highest BCUT2D eigenvalue weighted by Gasteiger charge is 2.16. The van der Waals surface area contributed by atoms with Gasteiger partial charge >= 0.3 is 0 Å². The Labute approximate surface area is 166 Å². The van der Waals surface area contributed by atoms with Crippen molar-refractivity contribution < 1.29 is 4.74 Å². The summed E-state index contributed by atoms with van der Waals surface area (Å²) in [4.78, 5) is 11.5. The smallest absolute Gasteiger partial charge is 0.229 e. The van der Waals surface area contributed by atoms with Crippen molar-refractivity contribution in [1.82, 2.24) is 9.97 Å². The molecule has 0 saturated carbocycles. The van der Waals surface area contributed by atoms with Crippen LogP contribution in [0, 0.1) is 13.8 Å². The molecule has 0 aliphatic rings. The van der Waals surface area contributed by atoms with Crippen molar-refractivity contribution in [2.45, 2.75) is 20.5 Å². The van der Waals surface area contributed by atoms with Crippen LogP contribution in [-0.2, 0) is 11.3 Å². The van der Waals surface area contributed by atoms with Gasteiger partial charge in [-0.25, -0.2) is 4.98 Å². The third kappa shape index (κ3) is 4.76. The van der Waals surface area contributed by atoms with E-state index in [1.807, 2.05) is 50.4 Å². The second-order valence-electron chi connectivity index (χ2n) is 6.21. The number of nitrogens with one attached hydrogen (secondary N) is 1. The van der Waals surface area contributed by atoms with Crippen LogP contribution >= 0.6 is 12.4 Å².